The molecule has 6 nitrogen and oxygen atoms in total. The summed E-state index contributed by atoms with van der Waals surface area (Å²) in [4.78, 5) is 13.7. The van der Waals surface area contributed by atoms with Crippen LogP contribution in [0.3, 0.4) is 0 Å². The van der Waals surface area contributed by atoms with Crippen LogP contribution in [0.1, 0.15) is 6.42 Å². The first-order valence-electron chi connectivity index (χ1n) is 6.85. The van der Waals surface area contributed by atoms with Gasteiger partial charge >= 0.3 is 0 Å². The fraction of sp³-hybridized carbons (Fsp3) is 0.500. The number of carbonyl (C=O) groups excluding carboxylic acids is 1. The number of sulfonamides is 1. The number of hydrogen-bond donors (Lipinski definition) is 1. The Morgan fingerprint density at radius 1 is 1.18 bits per heavy atom. The summed E-state index contributed by atoms with van der Waals surface area (Å²) >= 11 is 5.80. The number of carbonyl (C=O) groups is 1. The van der Waals surface area contributed by atoms with Crippen LogP contribution < -0.4 is 9.62 Å². The molecule has 0 bridgehead atoms. The second-order valence-corrected chi connectivity index (χ2v) is 7.56. The monoisotopic (exact) mass is 347 g/mol. The van der Waals surface area contributed by atoms with Gasteiger partial charge < -0.3 is 10.2 Å². The maximum absolute atomic E-state index is 11.9. The van der Waals surface area contributed by atoms with Crippen LogP contribution in [0.2, 0.25) is 5.02 Å². The van der Waals surface area contributed by atoms with E-state index in [4.69, 9.17) is 11.6 Å². The summed E-state index contributed by atoms with van der Waals surface area (Å²) in [7, 11) is 0.371. The summed E-state index contributed by atoms with van der Waals surface area (Å²) in [5, 5.41) is 3.28. The fourth-order valence-corrected chi connectivity index (χ4v) is 2.86. The molecule has 1 aromatic rings. The van der Waals surface area contributed by atoms with Crippen molar-refractivity contribution >= 4 is 33.2 Å². The Morgan fingerprint density at radius 3 is 2.27 bits per heavy atom. The average Bonchev–Trinajstić information content (AvgIpc) is 2.39. The molecule has 22 heavy (non-hydrogen) atoms. The molecular formula is C14H22ClN3O3S. The van der Waals surface area contributed by atoms with Crippen LogP contribution in [-0.4, -0.2) is 59.2 Å². The maximum atomic E-state index is 11.9. The molecule has 124 valence electrons. The van der Waals surface area contributed by atoms with Crippen LogP contribution in [0.25, 0.3) is 0 Å². The zero-order chi connectivity index (χ0) is 16.8. The number of benzene rings is 1. The summed E-state index contributed by atoms with van der Waals surface area (Å²) in [6, 6.07) is 6.47. The highest BCUT2D eigenvalue weighted by Gasteiger charge is 2.18. The van der Waals surface area contributed by atoms with Gasteiger partial charge in [0.25, 0.3) is 0 Å². The van der Waals surface area contributed by atoms with Crippen molar-refractivity contribution in [3.63, 3.8) is 0 Å². The molecule has 0 saturated heterocycles. The van der Waals surface area contributed by atoms with E-state index >= 15 is 0 Å². The lowest BCUT2D eigenvalue weighted by atomic mass is 10.3. The number of hydrogen-bond acceptors (Lipinski definition) is 4. The Bertz CT molecular complexity index is 588. The molecule has 0 saturated carbocycles. The van der Waals surface area contributed by atoms with Gasteiger partial charge in [-0.15, -0.1) is 0 Å². The maximum Gasteiger partial charge on any atom is 0.232 e. The molecule has 1 rings (SSSR count). The van der Waals surface area contributed by atoms with E-state index in [0.29, 0.717) is 17.3 Å². The molecule has 1 aromatic carbocycles. The molecule has 0 spiro atoms. The van der Waals surface area contributed by atoms with E-state index in [1.54, 1.807) is 24.3 Å². The van der Waals surface area contributed by atoms with Crippen LogP contribution >= 0.6 is 11.6 Å². The fourth-order valence-electron chi connectivity index (χ4n) is 1.80. The Hall–Kier alpha value is -1.31. The molecule has 0 fully saturated rings. The quantitative estimate of drug-likeness (QED) is 0.766. The highest BCUT2D eigenvalue weighted by Crippen LogP contribution is 2.20. The second-order valence-electron chi connectivity index (χ2n) is 5.21. The molecule has 0 aliphatic carbocycles. The number of nitrogens with one attached hydrogen (secondary N) is 1. The topological polar surface area (TPSA) is 69.7 Å². The van der Waals surface area contributed by atoms with Crippen molar-refractivity contribution in [2.45, 2.75) is 6.42 Å². The first-order valence-corrected chi connectivity index (χ1v) is 9.07. The van der Waals surface area contributed by atoms with Crippen molar-refractivity contribution in [2.24, 2.45) is 0 Å². The van der Waals surface area contributed by atoms with E-state index in [9.17, 15) is 13.2 Å². The molecular weight excluding hydrogens is 326 g/mol. The normalized spacial score (nSPS) is 11.5. The van der Waals surface area contributed by atoms with Gasteiger partial charge in [0.2, 0.25) is 15.9 Å². The lowest BCUT2D eigenvalue weighted by Gasteiger charge is -2.22. The van der Waals surface area contributed by atoms with Crippen LogP contribution in [0, 0.1) is 0 Å². The van der Waals surface area contributed by atoms with Gasteiger partial charge in [0.1, 0.15) is 0 Å². The molecule has 0 aliphatic rings. The summed E-state index contributed by atoms with van der Waals surface area (Å²) in [5.41, 5.74) is 0.494. The Kier molecular flexibility index (Phi) is 7.12. The van der Waals surface area contributed by atoms with Crippen molar-refractivity contribution in [3.05, 3.63) is 29.3 Å². The van der Waals surface area contributed by atoms with Crippen molar-refractivity contribution in [3.8, 4) is 0 Å². The first kappa shape index (κ1) is 18.7. The van der Waals surface area contributed by atoms with Crippen molar-refractivity contribution < 1.29 is 13.2 Å². The van der Waals surface area contributed by atoms with Crippen LogP contribution in [0.15, 0.2) is 24.3 Å². The Morgan fingerprint density at radius 2 is 1.77 bits per heavy atom. The molecule has 0 heterocycles. The third kappa shape index (κ3) is 6.64. The minimum Gasteiger partial charge on any atom is -0.355 e. The molecule has 0 atom stereocenters. The molecule has 0 unspecified atom stereocenters. The summed E-state index contributed by atoms with van der Waals surface area (Å²) in [6.07, 6.45) is 1.22. The van der Waals surface area contributed by atoms with E-state index < -0.39 is 10.0 Å². The van der Waals surface area contributed by atoms with E-state index in [-0.39, 0.29) is 18.9 Å². The van der Waals surface area contributed by atoms with E-state index in [0.717, 1.165) is 12.8 Å². The first-order chi connectivity index (χ1) is 10.2. The number of nitrogens with zero attached hydrogens (tertiary/aromatic N) is 2. The largest absolute Gasteiger partial charge is 0.355 e. The minimum atomic E-state index is -3.46. The molecule has 1 N–H and O–H groups in total. The third-order valence-electron chi connectivity index (χ3n) is 2.94. The Labute approximate surface area is 137 Å². The van der Waals surface area contributed by atoms with Gasteiger partial charge in [-0.2, -0.15) is 0 Å². The average molecular weight is 348 g/mol. The van der Waals surface area contributed by atoms with E-state index in [2.05, 4.69) is 5.32 Å². The standard InChI is InChI=1S/C14H22ClN3O3S/c1-17(2)11-9-16-14(19)8-10-18(22(3,20)21)13-6-4-12(15)5-7-13/h4-7H,8-11H2,1-3H3,(H,16,19). The summed E-state index contributed by atoms with van der Waals surface area (Å²) < 4.78 is 25.0. The number of halogens is 1. The molecule has 0 aromatic heterocycles. The van der Waals surface area contributed by atoms with Gasteiger partial charge in [-0.25, -0.2) is 8.42 Å². The number of likely N-dealkylation sites (N-methyl/N-ethyl adjacent to an activating group) is 1. The van der Waals surface area contributed by atoms with Gasteiger partial charge in [0.05, 0.1) is 11.9 Å². The smallest absolute Gasteiger partial charge is 0.232 e. The third-order valence-corrected chi connectivity index (χ3v) is 4.38. The minimum absolute atomic E-state index is 0.0915. The van der Waals surface area contributed by atoms with Gasteiger partial charge in [-0.1, -0.05) is 11.6 Å². The molecule has 8 heteroatoms. The van der Waals surface area contributed by atoms with E-state index in [1.165, 1.54) is 4.31 Å². The zero-order valence-electron chi connectivity index (χ0n) is 13.0. The number of amides is 1. The van der Waals surface area contributed by atoms with E-state index in [1.807, 2.05) is 19.0 Å². The number of anilines is 1. The van der Waals surface area contributed by atoms with Gasteiger partial charge in [-0.3, -0.25) is 9.10 Å². The van der Waals surface area contributed by atoms with Gasteiger partial charge in [0, 0.05) is 31.1 Å². The molecule has 0 radical (unpaired) electrons. The molecule has 0 aliphatic heterocycles. The van der Waals surface area contributed by atoms with Crippen molar-refractivity contribution in [2.75, 3.05) is 44.3 Å². The number of rotatable bonds is 8. The molecule has 1 amide bonds. The highest BCUT2D eigenvalue weighted by atomic mass is 35.5. The predicted octanol–water partition coefficient (Wildman–Crippen LogP) is 1.17. The lowest BCUT2D eigenvalue weighted by molar-refractivity contribution is -0.120. The highest BCUT2D eigenvalue weighted by molar-refractivity contribution is 7.92. The summed E-state index contributed by atoms with van der Waals surface area (Å²) in [6.45, 7) is 1.36. The zero-order valence-corrected chi connectivity index (χ0v) is 14.6. The predicted molar refractivity (Wildman–Crippen MR) is 89.8 cm³/mol. The van der Waals surface area contributed by atoms with Gasteiger partial charge in [-0.05, 0) is 38.4 Å². The van der Waals surface area contributed by atoms with Gasteiger partial charge in [0.15, 0.2) is 0 Å². The summed E-state index contributed by atoms with van der Waals surface area (Å²) in [5.74, 6) is -0.176. The van der Waals surface area contributed by atoms with Crippen molar-refractivity contribution in [1.82, 2.24) is 10.2 Å². The SMILES string of the molecule is CN(C)CCNC(=O)CCN(c1ccc(Cl)cc1)S(C)(=O)=O. The lowest BCUT2D eigenvalue weighted by Crippen LogP contribution is -2.36. The van der Waals surface area contributed by atoms with Crippen LogP contribution in [0.4, 0.5) is 5.69 Å². The van der Waals surface area contributed by atoms with Crippen molar-refractivity contribution in [1.29, 1.82) is 0 Å². The Balaban J connectivity index is 2.64. The van der Waals surface area contributed by atoms with Crippen LogP contribution in [-0.2, 0) is 14.8 Å². The second kappa shape index (κ2) is 8.36. The van der Waals surface area contributed by atoms with Crippen LogP contribution in [0.5, 0.6) is 0 Å².